The van der Waals surface area contributed by atoms with Crippen molar-refractivity contribution in [1.82, 2.24) is 24.9 Å². The van der Waals surface area contributed by atoms with Crippen LogP contribution < -0.4 is 10.6 Å². The minimum absolute atomic E-state index is 0.0624. The summed E-state index contributed by atoms with van der Waals surface area (Å²) < 4.78 is 3.97. The van der Waals surface area contributed by atoms with Crippen LogP contribution >= 0.6 is 12.2 Å². The summed E-state index contributed by atoms with van der Waals surface area (Å²) in [5, 5.41) is 16.2. The maximum absolute atomic E-state index is 5.54. The molecule has 0 spiro atoms. The van der Waals surface area contributed by atoms with E-state index >= 15 is 0 Å². The lowest BCUT2D eigenvalue weighted by Crippen LogP contribution is -2.32. The highest BCUT2D eigenvalue weighted by Gasteiger charge is 2.16. The van der Waals surface area contributed by atoms with Crippen LogP contribution in [-0.4, -0.2) is 24.7 Å². The van der Waals surface area contributed by atoms with Crippen LogP contribution in [0.1, 0.15) is 42.5 Å². The van der Waals surface area contributed by atoms with Crippen LogP contribution in [0.25, 0.3) is 0 Å². The third-order valence-corrected chi connectivity index (χ3v) is 4.86. The van der Waals surface area contributed by atoms with Crippen LogP contribution in [0.15, 0.2) is 42.6 Å². The molecule has 1 unspecified atom stereocenters. The summed E-state index contributed by atoms with van der Waals surface area (Å²) in [5.41, 5.74) is 5.27. The lowest BCUT2D eigenvalue weighted by molar-refractivity contribution is 0.568. The second-order valence-corrected chi connectivity index (χ2v) is 6.99. The lowest BCUT2D eigenvalue weighted by Gasteiger charge is -2.18. The van der Waals surface area contributed by atoms with Crippen LogP contribution in [0.4, 0.5) is 5.69 Å². The average Bonchev–Trinajstić information content (AvgIpc) is 3.23. The largest absolute Gasteiger partial charge is 0.354 e. The second-order valence-electron chi connectivity index (χ2n) is 6.58. The number of rotatable bonds is 6. The van der Waals surface area contributed by atoms with Crippen LogP contribution in [0, 0.1) is 13.8 Å². The molecule has 0 amide bonds. The van der Waals surface area contributed by atoms with Crippen molar-refractivity contribution >= 4 is 23.0 Å². The molecule has 7 heteroatoms. The number of hydrogen-bond donors (Lipinski definition) is 2. The Morgan fingerprint density at radius 3 is 2.59 bits per heavy atom. The van der Waals surface area contributed by atoms with Crippen molar-refractivity contribution in [2.45, 2.75) is 46.8 Å². The number of aromatic nitrogens is 4. The molecule has 0 aliphatic rings. The summed E-state index contributed by atoms with van der Waals surface area (Å²) >= 11 is 5.54. The Morgan fingerprint density at radius 1 is 1.15 bits per heavy atom. The summed E-state index contributed by atoms with van der Waals surface area (Å²) in [5.74, 6) is 0. The molecule has 3 aromatic rings. The summed E-state index contributed by atoms with van der Waals surface area (Å²) in [6, 6.07) is 12.4. The van der Waals surface area contributed by atoms with Gasteiger partial charge in [0.2, 0.25) is 0 Å². The van der Waals surface area contributed by atoms with Gasteiger partial charge in [0.05, 0.1) is 35.4 Å². The number of nitrogens with one attached hydrogen (secondary N) is 2. The molecule has 1 aromatic carbocycles. The maximum atomic E-state index is 5.54. The SMILES string of the molecule is CCn1nccc1C(C)NC(=S)Nc1c(C)nn(Cc2ccccc2)c1C. The molecule has 3 rings (SSSR count). The number of thiocarbonyl (C=S) groups is 1. The molecule has 1 atom stereocenters. The van der Waals surface area contributed by atoms with E-state index in [1.165, 1.54) is 5.56 Å². The summed E-state index contributed by atoms with van der Waals surface area (Å²) in [6.45, 7) is 9.78. The van der Waals surface area contributed by atoms with E-state index < -0.39 is 0 Å². The molecular formula is C20H26N6S. The van der Waals surface area contributed by atoms with Gasteiger partial charge < -0.3 is 10.6 Å². The highest BCUT2D eigenvalue weighted by Crippen LogP contribution is 2.21. The van der Waals surface area contributed by atoms with Gasteiger partial charge in [0.15, 0.2) is 5.11 Å². The van der Waals surface area contributed by atoms with Gasteiger partial charge in [-0.05, 0) is 51.5 Å². The number of anilines is 1. The fraction of sp³-hybridized carbons (Fsp3) is 0.350. The van der Waals surface area contributed by atoms with Crippen molar-refractivity contribution in [3.8, 4) is 0 Å². The monoisotopic (exact) mass is 382 g/mol. The standard InChI is InChI=1S/C20H26N6S/c1-5-25-18(11-12-21-25)14(2)22-20(27)23-19-15(3)24-26(16(19)4)13-17-9-7-6-8-10-17/h6-12,14H,5,13H2,1-4H3,(H2,22,23,27). The van der Waals surface area contributed by atoms with E-state index in [4.69, 9.17) is 12.2 Å². The molecule has 0 radical (unpaired) electrons. The Labute approximate surface area is 165 Å². The van der Waals surface area contributed by atoms with E-state index in [0.29, 0.717) is 5.11 Å². The average molecular weight is 383 g/mol. The minimum Gasteiger partial charge on any atom is -0.354 e. The van der Waals surface area contributed by atoms with E-state index in [2.05, 4.69) is 53.7 Å². The first-order chi connectivity index (χ1) is 13.0. The predicted molar refractivity (Wildman–Crippen MR) is 113 cm³/mol. The van der Waals surface area contributed by atoms with Crippen molar-refractivity contribution in [3.05, 3.63) is 65.2 Å². The van der Waals surface area contributed by atoms with E-state index in [-0.39, 0.29) is 6.04 Å². The zero-order valence-electron chi connectivity index (χ0n) is 16.2. The summed E-state index contributed by atoms with van der Waals surface area (Å²) in [4.78, 5) is 0. The van der Waals surface area contributed by atoms with Gasteiger partial charge >= 0.3 is 0 Å². The molecule has 0 saturated heterocycles. The Morgan fingerprint density at radius 2 is 1.89 bits per heavy atom. The zero-order valence-corrected chi connectivity index (χ0v) is 17.0. The summed E-state index contributed by atoms with van der Waals surface area (Å²) in [6.07, 6.45) is 1.81. The smallest absolute Gasteiger partial charge is 0.171 e. The molecule has 2 aromatic heterocycles. The highest BCUT2D eigenvalue weighted by atomic mass is 32.1. The molecular weight excluding hydrogens is 356 g/mol. The van der Waals surface area contributed by atoms with Gasteiger partial charge in [-0.25, -0.2) is 0 Å². The number of hydrogen-bond acceptors (Lipinski definition) is 3. The van der Waals surface area contributed by atoms with E-state index in [1.807, 2.05) is 46.7 Å². The molecule has 142 valence electrons. The third kappa shape index (κ3) is 4.36. The van der Waals surface area contributed by atoms with Gasteiger partial charge in [-0.3, -0.25) is 9.36 Å². The first-order valence-electron chi connectivity index (χ1n) is 9.16. The molecule has 0 aliphatic heterocycles. The Hall–Kier alpha value is -2.67. The number of benzene rings is 1. The Balaban J connectivity index is 1.69. The van der Waals surface area contributed by atoms with Gasteiger partial charge in [-0.15, -0.1) is 0 Å². The first-order valence-corrected chi connectivity index (χ1v) is 9.57. The predicted octanol–water partition coefficient (Wildman–Crippen LogP) is 3.81. The van der Waals surface area contributed by atoms with Gasteiger partial charge in [0, 0.05) is 12.7 Å². The van der Waals surface area contributed by atoms with Crippen molar-refractivity contribution in [2.24, 2.45) is 0 Å². The van der Waals surface area contributed by atoms with Gasteiger partial charge in [0.25, 0.3) is 0 Å². The minimum atomic E-state index is 0.0624. The van der Waals surface area contributed by atoms with Gasteiger partial charge in [-0.2, -0.15) is 10.2 Å². The Kier molecular flexibility index (Phi) is 5.91. The van der Waals surface area contributed by atoms with Crippen molar-refractivity contribution in [2.75, 3.05) is 5.32 Å². The maximum Gasteiger partial charge on any atom is 0.171 e. The van der Waals surface area contributed by atoms with Crippen molar-refractivity contribution in [1.29, 1.82) is 0 Å². The first kappa shape index (κ1) is 19.1. The van der Waals surface area contributed by atoms with Crippen molar-refractivity contribution < 1.29 is 0 Å². The van der Waals surface area contributed by atoms with Crippen LogP contribution in [0.3, 0.4) is 0 Å². The van der Waals surface area contributed by atoms with E-state index in [1.54, 1.807) is 0 Å². The third-order valence-electron chi connectivity index (χ3n) is 4.64. The molecule has 2 heterocycles. The van der Waals surface area contributed by atoms with E-state index in [9.17, 15) is 0 Å². The number of nitrogens with zero attached hydrogens (tertiary/aromatic N) is 4. The van der Waals surface area contributed by atoms with Crippen molar-refractivity contribution in [3.63, 3.8) is 0 Å². The molecule has 0 aliphatic carbocycles. The quantitative estimate of drug-likeness (QED) is 0.635. The fourth-order valence-electron chi connectivity index (χ4n) is 3.18. The molecule has 0 bridgehead atoms. The molecule has 6 nitrogen and oxygen atoms in total. The lowest BCUT2D eigenvalue weighted by atomic mass is 10.2. The second kappa shape index (κ2) is 8.35. The van der Waals surface area contributed by atoms with Gasteiger partial charge in [0.1, 0.15) is 0 Å². The van der Waals surface area contributed by atoms with Crippen LogP contribution in [0.2, 0.25) is 0 Å². The van der Waals surface area contributed by atoms with E-state index in [0.717, 1.165) is 35.9 Å². The number of aryl methyl sites for hydroxylation is 2. The molecule has 0 saturated carbocycles. The van der Waals surface area contributed by atoms with Gasteiger partial charge in [-0.1, -0.05) is 30.3 Å². The normalized spacial score (nSPS) is 12.0. The summed E-state index contributed by atoms with van der Waals surface area (Å²) in [7, 11) is 0. The fourth-order valence-corrected chi connectivity index (χ4v) is 3.46. The molecule has 0 fully saturated rings. The topological polar surface area (TPSA) is 59.7 Å². The molecule has 27 heavy (non-hydrogen) atoms. The molecule has 2 N–H and O–H groups in total. The van der Waals surface area contributed by atoms with Crippen LogP contribution in [-0.2, 0) is 13.1 Å². The Bertz CT molecular complexity index is 912. The van der Waals surface area contributed by atoms with Crippen LogP contribution in [0.5, 0.6) is 0 Å². The highest BCUT2D eigenvalue weighted by molar-refractivity contribution is 7.80. The zero-order chi connectivity index (χ0) is 19.4.